The first-order valence-corrected chi connectivity index (χ1v) is 8.80. The number of carbonyl (C=O) groups is 1. The van der Waals surface area contributed by atoms with Crippen molar-refractivity contribution in [2.45, 2.75) is 12.3 Å². The lowest BCUT2D eigenvalue weighted by Crippen LogP contribution is -2.28. The van der Waals surface area contributed by atoms with Gasteiger partial charge in [-0.1, -0.05) is 46.9 Å². The van der Waals surface area contributed by atoms with Gasteiger partial charge in [0.25, 0.3) is 0 Å². The Labute approximate surface area is 148 Å². The first-order valence-electron chi connectivity index (χ1n) is 6.62. The summed E-state index contributed by atoms with van der Waals surface area (Å²) in [5.41, 5.74) is 2.63. The third-order valence-corrected chi connectivity index (χ3v) is 5.69. The Morgan fingerprint density at radius 2 is 1.86 bits per heavy atom. The number of halogens is 3. The fourth-order valence-electron chi connectivity index (χ4n) is 2.37. The average Bonchev–Trinajstić information content (AvgIpc) is 2.84. The molecule has 114 valence electrons. The first kappa shape index (κ1) is 16.0. The van der Waals surface area contributed by atoms with Crippen LogP contribution in [-0.4, -0.2) is 11.7 Å². The van der Waals surface area contributed by atoms with E-state index in [1.54, 1.807) is 28.8 Å². The van der Waals surface area contributed by atoms with Crippen molar-refractivity contribution in [2.24, 2.45) is 0 Å². The number of amides is 1. The van der Waals surface area contributed by atoms with E-state index in [-0.39, 0.29) is 11.3 Å². The second-order valence-corrected chi connectivity index (χ2v) is 7.35. The Kier molecular flexibility index (Phi) is 4.60. The molecule has 2 nitrogen and oxygen atoms in total. The van der Waals surface area contributed by atoms with Gasteiger partial charge in [-0.3, -0.25) is 9.69 Å². The van der Waals surface area contributed by atoms with E-state index >= 15 is 0 Å². The summed E-state index contributed by atoms with van der Waals surface area (Å²) in [5, 5.41) is 1.61. The predicted octanol–water partition coefficient (Wildman–Crippen LogP) is 5.73. The molecule has 1 aliphatic heterocycles. The van der Waals surface area contributed by atoms with E-state index in [4.69, 9.17) is 34.8 Å². The van der Waals surface area contributed by atoms with Crippen molar-refractivity contribution in [1.82, 2.24) is 0 Å². The van der Waals surface area contributed by atoms with Gasteiger partial charge in [0.2, 0.25) is 5.91 Å². The van der Waals surface area contributed by atoms with Crippen LogP contribution < -0.4 is 4.90 Å². The zero-order valence-electron chi connectivity index (χ0n) is 11.6. The third-order valence-electron chi connectivity index (χ3n) is 3.53. The van der Waals surface area contributed by atoms with Gasteiger partial charge in [0.1, 0.15) is 5.37 Å². The van der Waals surface area contributed by atoms with Gasteiger partial charge < -0.3 is 0 Å². The van der Waals surface area contributed by atoms with Crippen LogP contribution in [0, 0.1) is 6.92 Å². The molecule has 0 saturated carbocycles. The Morgan fingerprint density at radius 3 is 2.55 bits per heavy atom. The number of aryl methyl sites for hydroxylation is 1. The molecule has 0 bridgehead atoms. The molecule has 1 amide bonds. The minimum atomic E-state index is -0.170. The fourth-order valence-corrected chi connectivity index (χ4v) is 4.33. The monoisotopic (exact) mass is 371 g/mol. The maximum Gasteiger partial charge on any atom is 0.238 e. The molecule has 22 heavy (non-hydrogen) atoms. The summed E-state index contributed by atoms with van der Waals surface area (Å²) in [6.45, 7) is 1.93. The van der Waals surface area contributed by atoms with E-state index in [2.05, 4.69) is 0 Å². The van der Waals surface area contributed by atoms with Gasteiger partial charge in [-0.2, -0.15) is 0 Å². The van der Waals surface area contributed by atoms with Crippen LogP contribution in [0.5, 0.6) is 0 Å². The van der Waals surface area contributed by atoms with E-state index in [1.807, 2.05) is 31.2 Å². The summed E-state index contributed by atoms with van der Waals surface area (Å²) in [5.74, 6) is 0.454. The van der Waals surface area contributed by atoms with E-state index < -0.39 is 0 Å². The number of hydrogen-bond acceptors (Lipinski definition) is 2. The molecular formula is C16H12Cl3NOS. The van der Waals surface area contributed by atoms with Crippen LogP contribution in [0.4, 0.5) is 5.69 Å². The van der Waals surface area contributed by atoms with E-state index in [9.17, 15) is 4.79 Å². The molecule has 0 radical (unpaired) electrons. The lowest BCUT2D eigenvalue weighted by molar-refractivity contribution is -0.115. The summed E-state index contributed by atoms with van der Waals surface area (Å²) in [6.07, 6.45) is 0. The minimum absolute atomic E-state index is 0.0425. The molecule has 1 heterocycles. The lowest BCUT2D eigenvalue weighted by atomic mass is 10.1. The zero-order chi connectivity index (χ0) is 15.9. The Hall–Kier alpha value is -0.870. The van der Waals surface area contributed by atoms with Crippen molar-refractivity contribution in [3.05, 3.63) is 62.6 Å². The first-order chi connectivity index (χ1) is 10.5. The molecule has 0 N–H and O–H groups in total. The number of benzene rings is 2. The lowest BCUT2D eigenvalue weighted by Gasteiger charge is -2.25. The minimum Gasteiger partial charge on any atom is -0.295 e. The number of rotatable bonds is 2. The van der Waals surface area contributed by atoms with Crippen LogP contribution in [-0.2, 0) is 4.79 Å². The van der Waals surface area contributed by atoms with E-state index in [1.165, 1.54) is 0 Å². The molecular weight excluding hydrogens is 361 g/mol. The topological polar surface area (TPSA) is 20.3 Å². The van der Waals surface area contributed by atoms with Crippen LogP contribution in [0.1, 0.15) is 16.5 Å². The Morgan fingerprint density at radius 1 is 1.09 bits per heavy atom. The smallest absolute Gasteiger partial charge is 0.238 e. The fraction of sp³-hybridized carbons (Fsp3) is 0.188. The quantitative estimate of drug-likeness (QED) is 0.670. The molecule has 1 atom stereocenters. The largest absolute Gasteiger partial charge is 0.295 e. The summed E-state index contributed by atoms with van der Waals surface area (Å²) in [4.78, 5) is 14.1. The molecule has 0 aromatic heterocycles. The highest BCUT2D eigenvalue weighted by molar-refractivity contribution is 8.00. The number of carbonyl (C=O) groups excluding carboxylic acids is 1. The van der Waals surface area contributed by atoms with Gasteiger partial charge in [-0.05, 0) is 36.8 Å². The van der Waals surface area contributed by atoms with Crippen molar-refractivity contribution in [3.8, 4) is 0 Å². The second kappa shape index (κ2) is 6.32. The Balaban J connectivity index is 2.03. The number of thioether (sulfide) groups is 1. The van der Waals surface area contributed by atoms with Gasteiger partial charge in [0, 0.05) is 26.3 Å². The molecule has 0 spiro atoms. The van der Waals surface area contributed by atoms with Gasteiger partial charge >= 0.3 is 0 Å². The SMILES string of the molecule is Cc1ccc(N2C(=O)CSC2c2ccc(Cl)cc2Cl)cc1Cl. The van der Waals surface area contributed by atoms with Gasteiger partial charge in [0.05, 0.1) is 5.75 Å². The molecule has 6 heteroatoms. The molecule has 1 aliphatic rings. The van der Waals surface area contributed by atoms with Gasteiger partial charge in [0.15, 0.2) is 0 Å². The van der Waals surface area contributed by atoms with Crippen molar-refractivity contribution < 1.29 is 4.79 Å². The summed E-state index contributed by atoms with van der Waals surface area (Å²) < 4.78 is 0. The van der Waals surface area contributed by atoms with Crippen LogP contribution in [0.15, 0.2) is 36.4 Å². The van der Waals surface area contributed by atoms with Crippen LogP contribution in [0.2, 0.25) is 15.1 Å². The van der Waals surface area contributed by atoms with Crippen LogP contribution in [0.25, 0.3) is 0 Å². The summed E-state index contributed by atoms with van der Waals surface area (Å²) >= 11 is 20.0. The normalized spacial score (nSPS) is 18.1. The molecule has 1 unspecified atom stereocenters. The third kappa shape index (κ3) is 2.95. The van der Waals surface area contributed by atoms with Crippen molar-refractivity contribution in [3.63, 3.8) is 0 Å². The summed E-state index contributed by atoms with van der Waals surface area (Å²) in [7, 11) is 0. The van der Waals surface area contributed by atoms with E-state index in [0.29, 0.717) is 20.8 Å². The van der Waals surface area contributed by atoms with Crippen LogP contribution >= 0.6 is 46.6 Å². The standard InChI is InChI=1S/C16H12Cl3NOS/c1-9-2-4-11(7-13(9)18)20-15(21)8-22-16(20)12-5-3-10(17)6-14(12)19/h2-7,16H,8H2,1H3. The highest BCUT2D eigenvalue weighted by Gasteiger charge is 2.35. The predicted molar refractivity (Wildman–Crippen MR) is 95.3 cm³/mol. The summed E-state index contributed by atoms with van der Waals surface area (Å²) in [6, 6.07) is 11.0. The molecule has 3 rings (SSSR count). The molecule has 2 aromatic carbocycles. The van der Waals surface area contributed by atoms with Gasteiger partial charge in [-0.25, -0.2) is 0 Å². The maximum atomic E-state index is 12.3. The van der Waals surface area contributed by atoms with Crippen molar-refractivity contribution in [1.29, 1.82) is 0 Å². The highest BCUT2D eigenvalue weighted by Crippen LogP contribution is 2.45. The van der Waals surface area contributed by atoms with Crippen molar-refractivity contribution in [2.75, 3.05) is 10.7 Å². The number of nitrogens with zero attached hydrogens (tertiary/aromatic N) is 1. The second-order valence-electron chi connectivity index (χ2n) is 5.03. The van der Waals surface area contributed by atoms with E-state index in [0.717, 1.165) is 16.8 Å². The number of hydrogen-bond donors (Lipinski definition) is 0. The van der Waals surface area contributed by atoms with Gasteiger partial charge in [-0.15, -0.1) is 11.8 Å². The maximum absolute atomic E-state index is 12.3. The average molecular weight is 373 g/mol. The molecule has 1 saturated heterocycles. The molecule has 1 fully saturated rings. The molecule has 2 aromatic rings. The van der Waals surface area contributed by atoms with Crippen LogP contribution in [0.3, 0.4) is 0 Å². The Bertz CT molecular complexity index is 750. The molecule has 0 aliphatic carbocycles. The van der Waals surface area contributed by atoms with Crippen molar-refractivity contribution >= 4 is 58.2 Å². The zero-order valence-corrected chi connectivity index (χ0v) is 14.7. The number of anilines is 1. The highest BCUT2D eigenvalue weighted by atomic mass is 35.5.